The van der Waals surface area contributed by atoms with Gasteiger partial charge in [0.2, 0.25) is 5.91 Å². The van der Waals surface area contributed by atoms with Gasteiger partial charge in [-0.25, -0.2) is 0 Å². The fourth-order valence-corrected chi connectivity index (χ4v) is 3.54. The monoisotopic (exact) mass is 432 g/mol. The number of carbonyl (C=O) groups excluding carboxylic acids is 1. The quantitative estimate of drug-likeness (QED) is 0.531. The zero-order chi connectivity index (χ0) is 21.7. The average molecular weight is 433 g/mol. The van der Waals surface area contributed by atoms with Crippen LogP contribution in [0.2, 0.25) is 5.02 Å². The highest BCUT2D eigenvalue weighted by atomic mass is 35.5. The van der Waals surface area contributed by atoms with E-state index in [1.54, 1.807) is 0 Å². The van der Waals surface area contributed by atoms with Crippen molar-refractivity contribution in [3.63, 3.8) is 0 Å². The first-order valence-corrected chi connectivity index (χ1v) is 10.1. The summed E-state index contributed by atoms with van der Waals surface area (Å²) >= 11 is 6.09. The first kappa shape index (κ1) is 22.0. The molecule has 2 aromatic rings. The number of morpholine rings is 1. The number of amides is 1. The van der Waals surface area contributed by atoms with Crippen molar-refractivity contribution in [1.82, 2.24) is 4.90 Å². The molecule has 0 saturated carbocycles. The van der Waals surface area contributed by atoms with Crippen LogP contribution in [0.3, 0.4) is 0 Å². The second-order valence-electron chi connectivity index (χ2n) is 7.23. The number of benzene rings is 2. The summed E-state index contributed by atoms with van der Waals surface area (Å²) in [5.74, 6) is -0.239. The molecule has 2 aromatic carbocycles. The average Bonchev–Trinajstić information content (AvgIpc) is 2.75. The van der Waals surface area contributed by atoms with Gasteiger partial charge in [0.1, 0.15) is 0 Å². The van der Waals surface area contributed by atoms with E-state index in [4.69, 9.17) is 16.3 Å². The highest BCUT2D eigenvalue weighted by Gasteiger charge is 2.22. The summed E-state index contributed by atoms with van der Waals surface area (Å²) in [6.45, 7) is 5.50. The Balaban J connectivity index is 1.67. The number of likely N-dealkylation sites (N-methyl/N-ethyl adjacent to an activating group) is 1. The molecule has 0 bridgehead atoms. The number of nitro groups is 1. The van der Waals surface area contributed by atoms with Crippen molar-refractivity contribution in [3.05, 3.63) is 63.2 Å². The van der Waals surface area contributed by atoms with Crippen molar-refractivity contribution in [3.8, 4) is 0 Å². The summed E-state index contributed by atoms with van der Waals surface area (Å²) in [6, 6.07) is 11.7. The van der Waals surface area contributed by atoms with Gasteiger partial charge in [-0.2, -0.15) is 0 Å². The Morgan fingerprint density at radius 3 is 2.67 bits per heavy atom. The number of carbonyl (C=O) groups is 1. The molecule has 0 spiro atoms. The van der Waals surface area contributed by atoms with Crippen LogP contribution in [0.1, 0.15) is 12.5 Å². The molecule has 1 aliphatic rings. The third-order valence-electron chi connectivity index (χ3n) is 5.23. The van der Waals surface area contributed by atoms with Crippen molar-refractivity contribution < 1.29 is 14.5 Å². The minimum absolute atomic E-state index is 0.122. The zero-order valence-corrected chi connectivity index (χ0v) is 17.8. The number of para-hydroxylation sites is 1. The topological polar surface area (TPSA) is 87.9 Å². The number of hydrogen-bond acceptors (Lipinski definition) is 6. The Hall–Kier alpha value is -2.68. The van der Waals surface area contributed by atoms with Gasteiger partial charge >= 0.3 is 0 Å². The van der Waals surface area contributed by atoms with Gasteiger partial charge in [0, 0.05) is 37.5 Å². The molecule has 8 nitrogen and oxygen atoms in total. The Bertz CT molecular complexity index is 918. The fraction of sp³-hybridized carbons (Fsp3) is 0.381. The molecule has 0 radical (unpaired) electrons. The van der Waals surface area contributed by atoms with Crippen LogP contribution in [0, 0.1) is 10.1 Å². The molecule has 160 valence electrons. The number of halogens is 1. The van der Waals surface area contributed by atoms with E-state index in [0.717, 1.165) is 24.3 Å². The lowest BCUT2D eigenvalue weighted by molar-refractivity contribution is -0.384. The number of ether oxygens (including phenoxy) is 1. The summed E-state index contributed by atoms with van der Waals surface area (Å²) in [5, 5.41) is 13.7. The summed E-state index contributed by atoms with van der Waals surface area (Å²) in [4.78, 5) is 27.3. The highest BCUT2D eigenvalue weighted by molar-refractivity contribution is 6.34. The third kappa shape index (κ3) is 5.27. The van der Waals surface area contributed by atoms with Gasteiger partial charge in [0.15, 0.2) is 0 Å². The lowest BCUT2D eigenvalue weighted by Gasteiger charge is -2.32. The molecular weight excluding hydrogens is 408 g/mol. The fourth-order valence-electron chi connectivity index (χ4n) is 3.32. The molecule has 30 heavy (non-hydrogen) atoms. The maximum Gasteiger partial charge on any atom is 0.271 e. The van der Waals surface area contributed by atoms with E-state index >= 15 is 0 Å². The van der Waals surface area contributed by atoms with Gasteiger partial charge in [-0.15, -0.1) is 0 Å². The van der Waals surface area contributed by atoms with E-state index in [1.807, 2.05) is 31.0 Å². The van der Waals surface area contributed by atoms with E-state index in [9.17, 15) is 14.9 Å². The van der Waals surface area contributed by atoms with Crippen molar-refractivity contribution in [1.29, 1.82) is 0 Å². The van der Waals surface area contributed by atoms with Gasteiger partial charge in [-0.1, -0.05) is 29.8 Å². The lowest BCUT2D eigenvalue weighted by atomic mass is 10.1. The van der Waals surface area contributed by atoms with Crippen LogP contribution in [0.15, 0.2) is 42.5 Å². The number of nitrogens with zero attached hydrogens (tertiary/aromatic N) is 3. The molecule has 1 atom stereocenters. The van der Waals surface area contributed by atoms with Gasteiger partial charge < -0.3 is 15.0 Å². The van der Waals surface area contributed by atoms with Gasteiger partial charge in [0.05, 0.1) is 34.9 Å². The molecule has 1 heterocycles. The molecule has 9 heteroatoms. The van der Waals surface area contributed by atoms with E-state index in [0.29, 0.717) is 25.4 Å². The standard InChI is InChI=1S/C21H25ClN4O4/c1-15(21(27)23-19-8-7-17(26(28)29)13-18(19)22)24(2)14-16-5-3-4-6-20(16)25-9-11-30-12-10-25/h3-8,13,15H,9-12,14H2,1-2H3,(H,23,27). The molecule has 0 aromatic heterocycles. The van der Waals surface area contributed by atoms with Crippen LogP contribution in [0.4, 0.5) is 17.1 Å². The molecule has 1 unspecified atom stereocenters. The van der Waals surface area contributed by atoms with E-state index < -0.39 is 11.0 Å². The second-order valence-corrected chi connectivity index (χ2v) is 7.64. The smallest absolute Gasteiger partial charge is 0.271 e. The SMILES string of the molecule is CC(C(=O)Nc1ccc([N+](=O)[O-])cc1Cl)N(C)Cc1ccccc1N1CCOCC1. The molecule has 3 rings (SSSR count). The molecule has 1 saturated heterocycles. The summed E-state index contributed by atoms with van der Waals surface area (Å²) in [5.41, 5.74) is 2.51. The largest absolute Gasteiger partial charge is 0.378 e. The van der Waals surface area contributed by atoms with Crippen molar-refractivity contribution in [2.75, 3.05) is 43.6 Å². The van der Waals surface area contributed by atoms with Crippen molar-refractivity contribution in [2.45, 2.75) is 19.5 Å². The maximum absolute atomic E-state index is 12.7. The Labute approximate surface area is 180 Å². The van der Waals surface area contributed by atoms with Gasteiger partial charge in [0.25, 0.3) is 5.69 Å². The number of nitro benzene ring substituents is 1. The predicted molar refractivity (Wildman–Crippen MR) is 117 cm³/mol. The Morgan fingerprint density at radius 1 is 1.30 bits per heavy atom. The van der Waals surface area contributed by atoms with Crippen LogP contribution >= 0.6 is 11.6 Å². The minimum atomic E-state index is -0.528. The third-order valence-corrected chi connectivity index (χ3v) is 5.54. The van der Waals surface area contributed by atoms with Crippen molar-refractivity contribution >= 4 is 34.6 Å². The molecule has 0 aliphatic carbocycles. The molecule has 1 N–H and O–H groups in total. The Morgan fingerprint density at radius 2 is 2.00 bits per heavy atom. The van der Waals surface area contributed by atoms with Crippen LogP contribution < -0.4 is 10.2 Å². The van der Waals surface area contributed by atoms with Gasteiger partial charge in [-0.05, 0) is 31.7 Å². The zero-order valence-electron chi connectivity index (χ0n) is 17.0. The first-order chi connectivity index (χ1) is 14.4. The predicted octanol–water partition coefficient (Wildman–Crippen LogP) is 3.54. The van der Waals surface area contributed by atoms with Crippen LogP contribution in [-0.2, 0) is 16.1 Å². The Kier molecular flexibility index (Phi) is 7.25. The first-order valence-electron chi connectivity index (χ1n) is 9.72. The number of rotatable bonds is 7. The number of anilines is 2. The number of hydrogen-bond donors (Lipinski definition) is 1. The molecule has 1 amide bonds. The summed E-state index contributed by atoms with van der Waals surface area (Å²) < 4.78 is 5.45. The van der Waals surface area contributed by atoms with Gasteiger partial charge in [-0.3, -0.25) is 19.8 Å². The van der Waals surface area contributed by atoms with E-state index in [2.05, 4.69) is 22.3 Å². The van der Waals surface area contributed by atoms with Crippen molar-refractivity contribution in [2.24, 2.45) is 0 Å². The number of non-ortho nitro benzene ring substituents is 1. The maximum atomic E-state index is 12.7. The number of nitrogens with one attached hydrogen (secondary N) is 1. The second kappa shape index (κ2) is 9.88. The van der Waals surface area contributed by atoms with Crippen LogP contribution in [0.25, 0.3) is 0 Å². The molecule has 1 fully saturated rings. The minimum Gasteiger partial charge on any atom is -0.378 e. The lowest BCUT2D eigenvalue weighted by Crippen LogP contribution is -2.40. The van der Waals surface area contributed by atoms with Crippen LogP contribution in [0.5, 0.6) is 0 Å². The molecule has 1 aliphatic heterocycles. The normalized spacial score (nSPS) is 15.1. The highest BCUT2D eigenvalue weighted by Crippen LogP contribution is 2.27. The van der Waals surface area contributed by atoms with E-state index in [-0.39, 0.29) is 16.6 Å². The molecular formula is C21H25ClN4O4. The van der Waals surface area contributed by atoms with Crippen LogP contribution in [-0.4, -0.2) is 55.1 Å². The van der Waals surface area contributed by atoms with E-state index in [1.165, 1.54) is 18.2 Å². The summed E-state index contributed by atoms with van der Waals surface area (Å²) in [6.07, 6.45) is 0. The summed E-state index contributed by atoms with van der Waals surface area (Å²) in [7, 11) is 1.89.